The number of piperazine rings is 1. The molecule has 0 amide bonds. The van der Waals surface area contributed by atoms with Crippen molar-refractivity contribution in [2.45, 2.75) is 19.3 Å². The zero-order valence-electron chi connectivity index (χ0n) is 9.97. The Morgan fingerprint density at radius 3 is 2.94 bits per heavy atom. The van der Waals surface area contributed by atoms with E-state index in [9.17, 15) is 4.39 Å². The topological polar surface area (TPSA) is 43.2 Å². The molecular formula is C12H15FN4. The van der Waals surface area contributed by atoms with Crippen molar-refractivity contribution in [2.75, 3.05) is 25.0 Å². The SMILES string of the molecule is CC1CN(C)CC(F)N1c1cccnc1C#N. The number of hydrogen-bond acceptors (Lipinski definition) is 4. The summed E-state index contributed by atoms with van der Waals surface area (Å²) in [5, 5.41) is 9.00. The van der Waals surface area contributed by atoms with Crippen LogP contribution in [-0.4, -0.2) is 42.4 Å². The summed E-state index contributed by atoms with van der Waals surface area (Å²) >= 11 is 0. The lowest BCUT2D eigenvalue weighted by atomic mass is 10.1. The van der Waals surface area contributed by atoms with Gasteiger partial charge in [0, 0.05) is 25.3 Å². The van der Waals surface area contributed by atoms with E-state index in [1.165, 1.54) is 0 Å². The largest absolute Gasteiger partial charge is 0.334 e. The molecule has 1 aliphatic heterocycles. The number of likely N-dealkylation sites (N-methyl/N-ethyl adjacent to an activating group) is 1. The van der Waals surface area contributed by atoms with Gasteiger partial charge in [-0.05, 0) is 26.1 Å². The molecule has 17 heavy (non-hydrogen) atoms. The van der Waals surface area contributed by atoms with Crippen LogP contribution in [0.2, 0.25) is 0 Å². The highest BCUT2D eigenvalue weighted by Crippen LogP contribution is 2.26. The predicted octanol–water partition coefficient (Wildman–Crippen LogP) is 1.39. The monoisotopic (exact) mass is 234 g/mol. The molecule has 1 aliphatic rings. The Morgan fingerprint density at radius 2 is 2.29 bits per heavy atom. The third kappa shape index (κ3) is 2.22. The lowest BCUT2D eigenvalue weighted by molar-refractivity contribution is 0.153. The summed E-state index contributed by atoms with van der Waals surface area (Å²) in [5.41, 5.74) is 0.870. The minimum Gasteiger partial charge on any atom is -0.334 e. The maximum absolute atomic E-state index is 14.1. The first kappa shape index (κ1) is 11.8. The summed E-state index contributed by atoms with van der Waals surface area (Å²) in [6.07, 6.45) is 0.454. The highest BCUT2D eigenvalue weighted by Gasteiger charge is 2.32. The van der Waals surface area contributed by atoms with E-state index in [1.807, 2.05) is 24.9 Å². The summed E-state index contributed by atoms with van der Waals surface area (Å²) in [7, 11) is 1.90. The minimum atomic E-state index is -1.10. The number of nitriles is 1. The molecule has 4 nitrogen and oxygen atoms in total. The van der Waals surface area contributed by atoms with Gasteiger partial charge in [0.15, 0.2) is 12.0 Å². The maximum Gasteiger partial charge on any atom is 0.185 e. The predicted molar refractivity (Wildman–Crippen MR) is 63.3 cm³/mol. The van der Waals surface area contributed by atoms with Crippen LogP contribution in [0.4, 0.5) is 10.1 Å². The van der Waals surface area contributed by atoms with Crippen molar-refractivity contribution in [1.29, 1.82) is 5.26 Å². The number of aromatic nitrogens is 1. The molecule has 5 heteroatoms. The molecule has 0 radical (unpaired) electrons. The van der Waals surface area contributed by atoms with E-state index in [0.29, 0.717) is 12.2 Å². The Kier molecular flexibility index (Phi) is 3.25. The zero-order chi connectivity index (χ0) is 12.4. The Balaban J connectivity index is 2.35. The van der Waals surface area contributed by atoms with E-state index in [0.717, 1.165) is 6.54 Å². The van der Waals surface area contributed by atoms with Crippen LogP contribution in [-0.2, 0) is 0 Å². The van der Waals surface area contributed by atoms with Gasteiger partial charge in [-0.15, -0.1) is 0 Å². The lowest BCUT2D eigenvalue weighted by Gasteiger charge is -2.42. The zero-order valence-corrected chi connectivity index (χ0v) is 9.97. The van der Waals surface area contributed by atoms with Gasteiger partial charge < -0.3 is 4.90 Å². The van der Waals surface area contributed by atoms with Crippen molar-refractivity contribution in [3.8, 4) is 6.07 Å². The molecule has 0 bridgehead atoms. The molecule has 0 aromatic carbocycles. The second-order valence-corrected chi connectivity index (χ2v) is 4.39. The van der Waals surface area contributed by atoms with Crippen LogP contribution in [0.15, 0.2) is 18.3 Å². The molecule has 1 aromatic rings. The van der Waals surface area contributed by atoms with Crippen molar-refractivity contribution in [2.24, 2.45) is 0 Å². The Labute approximate surface area is 100 Å². The average molecular weight is 234 g/mol. The van der Waals surface area contributed by atoms with Crippen molar-refractivity contribution < 1.29 is 4.39 Å². The van der Waals surface area contributed by atoms with E-state index < -0.39 is 6.30 Å². The van der Waals surface area contributed by atoms with E-state index >= 15 is 0 Å². The molecule has 0 saturated carbocycles. The Bertz CT molecular complexity index is 430. The molecule has 0 spiro atoms. The van der Waals surface area contributed by atoms with Gasteiger partial charge >= 0.3 is 0 Å². The number of anilines is 1. The van der Waals surface area contributed by atoms with Gasteiger partial charge in [-0.1, -0.05) is 0 Å². The molecule has 1 saturated heterocycles. The fourth-order valence-corrected chi connectivity index (χ4v) is 2.31. The van der Waals surface area contributed by atoms with Crippen LogP contribution in [0.1, 0.15) is 12.6 Å². The quantitative estimate of drug-likeness (QED) is 0.689. The van der Waals surface area contributed by atoms with Crippen LogP contribution < -0.4 is 4.90 Å². The van der Waals surface area contributed by atoms with Crippen molar-refractivity contribution in [1.82, 2.24) is 9.88 Å². The number of rotatable bonds is 1. The van der Waals surface area contributed by atoms with E-state index in [-0.39, 0.29) is 11.7 Å². The standard InChI is InChI=1S/C12H15FN4/c1-9-7-16(2)8-12(13)17(9)11-4-3-5-15-10(11)6-14/h3-5,9,12H,7-8H2,1-2H3. The third-order valence-electron chi connectivity index (χ3n) is 2.99. The number of hydrogen-bond donors (Lipinski definition) is 0. The second-order valence-electron chi connectivity index (χ2n) is 4.39. The number of nitrogens with zero attached hydrogens (tertiary/aromatic N) is 4. The molecule has 2 rings (SSSR count). The van der Waals surface area contributed by atoms with Crippen molar-refractivity contribution in [3.63, 3.8) is 0 Å². The molecule has 0 N–H and O–H groups in total. The molecule has 90 valence electrons. The lowest BCUT2D eigenvalue weighted by Crippen LogP contribution is -2.55. The van der Waals surface area contributed by atoms with Gasteiger partial charge in [-0.3, -0.25) is 4.90 Å². The molecule has 2 heterocycles. The molecule has 2 atom stereocenters. The van der Waals surface area contributed by atoms with Gasteiger partial charge in [-0.25, -0.2) is 9.37 Å². The number of pyridine rings is 1. The van der Waals surface area contributed by atoms with Gasteiger partial charge in [0.2, 0.25) is 0 Å². The highest BCUT2D eigenvalue weighted by molar-refractivity contribution is 5.57. The first-order valence-corrected chi connectivity index (χ1v) is 5.59. The highest BCUT2D eigenvalue weighted by atomic mass is 19.1. The molecule has 2 unspecified atom stereocenters. The number of alkyl halides is 1. The summed E-state index contributed by atoms with van der Waals surface area (Å²) in [4.78, 5) is 7.57. The van der Waals surface area contributed by atoms with Gasteiger partial charge in [0.05, 0.1) is 5.69 Å². The first-order chi connectivity index (χ1) is 8.13. The Morgan fingerprint density at radius 1 is 1.53 bits per heavy atom. The fraction of sp³-hybridized carbons (Fsp3) is 0.500. The van der Waals surface area contributed by atoms with Crippen LogP contribution in [0.25, 0.3) is 0 Å². The van der Waals surface area contributed by atoms with Crippen molar-refractivity contribution in [3.05, 3.63) is 24.0 Å². The third-order valence-corrected chi connectivity index (χ3v) is 2.99. The van der Waals surface area contributed by atoms with Crippen molar-refractivity contribution >= 4 is 5.69 Å². The summed E-state index contributed by atoms with van der Waals surface area (Å²) in [6, 6.07) is 5.52. The molecule has 0 aliphatic carbocycles. The minimum absolute atomic E-state index is 0.0278. The van der Waals surface area contributed by atoms with Crippen LogP contribution in [0.5, 0.6) is 0 Å². The van der Waals surface area contributed by atoms with Gasteiger partial charge in [0.25, 0.3) is 0 Å². The van der Waals surface area contributed by atoms with E-state index in [4.69, 9.17) is 5.26 Å². The van der Waals surface area contributed by atoms with Crippen LogP contribution >= 0.6 is 0 Å². The number of halogens is 1. The summed E-state index contributed by atoms with van der Waals surface area (Å²) in [6.45, 7) is 3.08. The summed E-state index contributed by atoms with van der Waals surface area (Å²) in [5.74, 6) is 0. The maximum atomic E-state index is 14.1. The summed E-state index contributed by atoms with van der Waals surface area (Å²) < 4.78 is 14.1. The fourth-order valence-electron chi connectivity index (χ4n) is 2.31. The average Bonchev–Trinajstić information content (AvgIpc) is 2.28. The van der Waals surface area contributed by atoms with Crippen LogP contribution in [0.3, 0.4) is 0 Å². The Hall–Kier alpha value is -1.67. The molecular weight excluding hydrogens is 219 g/mol. The van der Waals surface area contributed by atoms with Gasteiger partial charge in [0.1, 0.15) is 6.07 Å². The smallest absolute Gasteiger partial charge is 0.185 e. The van der Waals surface area contributed by atoms with Gasteiger partial charge in [-0.2, -0.15) is 5.26 Å². The second kappa shape index (κ2) is 4.68. The molecule has 1 fully saturated rings. The normalized spacial score (nSPS) is 25.6. The van der Waals surface area contributed by atoms with E-state index in [1.54, 1.807) is 23.2 Å². The first-order valence-electron chi connectivity index (χ1n) is 5.59. The van der Waals surface area contributed by atoms with Crippen LogP contribution in [0, 0.1) is 11.3 Å². The molecule has 1 aromatic heterocycles. The van der Waals surface area contributed by atoms with E-state index in [2.05, 4.69) is 4.98 Å².